The Morgan fingerprint density at radius 3 is 2.70 bits per heavy atom. The van der Waals surface area contributed by atoms with Gasteiger partial charge in [0.1, 0.15) is 11.6 Å². The van der Waals surface area contributed by atoms with Gasteiger partial charge in [-0.15, -0.1) is 0 Å². The minimum Gasteiger partial charge on any atom is -0.302 e. The molecule has 158 valence electrons. The van der Waals surface area contributed by atoms with Crippen LogP contribution < -0.4 is 5.43 Å². The smallest absolute Gasteiger partial charge is 0.270 e. The van der Waals surface area contributed by atoms with Crippen molar-refractivity contribution in [2.45, 2.75) is 46.1 Å². The summed E-state index contributed by atoms with van der Waals surface area (Å²) in [6.07, 6.45) is 4.20. The first kappa shape index (κ1) is 21.8. The van der Waals surface area contributed by atoms with Crippen molar-refractivity contribution in [3.05, 3.63) is 71.1 Å². The molecule has 7 heteroatoms. The van der Waals surface area contributed by atoms with E-state index in [-0.39, 0.29) is 17.4 Å². The van der Waals surface area contributed by atoms with Crippen molar-refractivity contribution in [1.29, 1.82) is 0 Å². The number of benzene rings is 1. The number of pyridine rings is 1. The van der Waals surface area contributed by atoms with Crippen molar-refractivity contribution in [3.8, 4) is 0 Å². The fraction of sp³-hybridized carbons (Fsp3) is 0.348. The minimum absolute atomic E-state index is 0.0830. The zero-order chi connectivity index (χ0) is 21.9. The number of halogens is 2. The summed E-state index contributed by atoms with van der Waals surface area (Å²) < 4.78 is 27.4. The number of nitrogens with zero attached hydrogens (tertiary/aromatic N) is 3. The normalized spacial score (nSPS) is 18.8. The Kier molecular flexibility index (Phi) is 6.41. The van der Waals surface area contributed by atoms with Crippen LogP contribution in [0.25, 0.3) is 0 Å². The second-order valence-electron chi connectivity index (χ2n) is 7.68. The number of amidine groups is 1. The van der Waals surface area contributed by atoms with E-state index in [2.05, 4.69) is 21.5 Å². The van der Waals surface area contributed by atoms with Crippen LogP contribution >= 0.6 is 0 Å². The topological polar surface area (TPSA) is 57.6 Å². The standard InChI is InChI=1S/C23H26F2N4O/c1-15-12-21(18-8-10-26-16(2)13-18)29(11-9-17(3)30)28-22(15)27-20-7-5-6-19(14-20)23(4,24)25/h5-8,10,12-14,21H,9,11H2,1-4H3,(H,27,28). The lowest BCUT2D eigenvalue weighted by Crippen LogP contribution is -2.48. The zero-order valence-electron chi connectivity index (χ0n) is 17.6. The summed E-state index contributed by atoms with van der Waals surface area (Å²) in [6, 6.07) is 9.89. The second kappa shape index (κ2) is 8.83. The number of alkyl halides is 2. The van der Waals surface area contributed by atoms with Gasteiger partial charge in [-0.05, 0) is 56.2 Å². The maximum Gasteiger partial charge on any atom is 0.270 e. The molecule has 0 fully saturated rings. The number of rotatable bonds is 6. The molecular formula is C23H26F2N4O. The second-order valence-corrected chi connectivity index (χ2v) is 7.68. The predicted molar refractivity (Wildman–Crippen MR) is 114 cm³/mol. The van der Waals surface area contributed by atoms with E-state index in [1.54, 1.807) is 25.3 Å². The maximum atomic E-state index is 13.7. The molecule has 1 atom stereocenters. The molecular weight excluding hydrogens is 386 g/mol. The molecule has 0 saturated heterocycles. The summed E-state index contributed by atoms with van der Waals surface area (Å²) >= 11 is 0. The van der Waals surface area contributed by atoms with Crippen LogP contribution in [0.2, 0.25) is 0 Å². The number of hydrogen-bond acceptors (Lipinski definition) is 4. The van der Waals surface area contributed by atoms with Gasteiger partial charge >= 0.3 is 0 Å². The summed E-state index contributed by atoms with van der Waals surface area (Å²) in [6.45, 7) is 6.76. The molecule has 0 saturated carbocycles. The molecule has 0 bridgehead atoms. The largest absolute Gasteiger partial charge is 0.302 e. The fourth-order valence-electron chi connectivity index (χ4n) is 3.29. The highest BCUT2D eigenvalue weighted by atomic mass is 19.3. The summed E-state index contributed by atoms with van der Waals surface area (Å²) in [4.78, 5) is 20.4. The van der Waals surface area contributed by atoms with Crippen molar-refractivity contribution in [2.24, 2.45) is 4.99 Å². The van der Waals surface area contributed by atoms with Gasteiger partial charge < -0.3 is 5.43 Å². The van der Waals surface area contributed by atoms with Gasteiger partial charge in [0.05, 0.1) is 11.7 Å². The van der Waals surface area contributed by atoms with Crippen molar-refractivity contribution in [3.63, 3.8) is 0 Å². The fourth-order valence-corrected chi connectivity index (χ4v) is 3.29. The van der Waals surface area contributed by atoms with E-state index in [0.717, 1.165) is 23.8 Å². The number of hydrogen-bond donors (Lipinski definition) is 1. The Bertz CT molecular complexity index is 995. The van der Waals surface area contributed by atoms with Crippen LogP contribution in [-0.4, -0.2) is 28.2 Å². The van der Waals surface area contributed by atoms with Gasteiger partial charge in [0.15, 0.2) is 0 Å². The lowest BCUT2D eigenvalue weighted by molar-refractivity contribution is -0.117. The molecule has 30 heavy (non-hydrogen) atoms. The molecule has 1 aliphatic heterocycles. The van der Waals surface area contributed by atoms with Gasteiger partial charge in [0.2, 0.25) is 0 Å². The van der Waals surface area contributed by atoms with E-state index in [0.29, 0.717) is 24.5 Å². The van der Waals surface area contributed by atoms with E-state index >= 15 is 0 Å². The van der Waals surface area contributed by atoms with Gasteiger partial charge in [0, 0.05) is 37.3 Å². The van der Waals surface area contributed by atoms with Gasteiger partial charge in [-0.2, -0.15) is 0 Å². The lowest BCUT2D eigenvalue weighted by atomic mass is 10.0. The van der Waals surface area contributed by atoms with Crippen LogP contribution in [0, 0.1) is 6.92 Å². The Morgan fingerprint density at radius 1 is 1.27 bits per heavy atom. The minimum atomic E-state index is -2.93. The van der Waals surface area contributed by atoms with Crippen molar-refractivity contribution in [2.75, 3.05) is 6.54 Å². The van der Waals surface area contributed by atoms with E-state index in [4.69, 9.17) is 0 Å². The highest BCUT2D eigenvalue weighted by molar-refractivity contribution is 5.99. The molecule has 1 aromatic heterocycles. The molecule has 0 radical (unpaired) electrons. The van der Waals surface area contributed by atoms with E-state index in [1.807, 2.05) is 31.0 Å². The van der Waals surface area contributed by atoms with Crippen LogP contribution in [0.1, 0.15) is 50.1 Å². The van der Waals surface area contributed by atoms with Crippen LogP contribution in [0.5, 0.6) is 0 Å². The third-order valence-corrected chi connectivity index (χ3v) is 4.93. The zero-order valence-corrected chi connectivity index (χ0v) is 17.6. The van der Waals surface area contributed by atoms with Crippen molar-refractivity contribution < 1.29 is 13.6 Å². The molecule has 5 nitrogen and oxygen atoms in total. The highest BCUT2D eigenvalue weighted by Crippen LogP contribution is 2.31. The average Bonchev–Trinajstić information content (AvgIpc) is 2.67. The Morgan fingerprint density at radius 2 is 2.03 bits per heavy atom. The molecule has 1 unspecified atom stereocenters. The monoisotopic (exact) mass is 412 g/mol. The maximum absolute atomic E-state index is 13.7. The molecule has 2 aromatic rings. The van der Waals surface area contributed by atoms with Crippen LogP contribution in [0.4, 0.5) is 14.5 Å². The SMILES string of the molecule is CC(=O)CCN1NC(=Nc2cccc(C(C)(F)F)c2)C(C)=CC1c1ccnc(C)c1. The molecule has 1 aromatic carbocycles. The molecule has 1 aliphatic rings. The number of aliphatic imine (C=N–C) groups is 1. The van der Waals surface area contributed by atoms with Crippen LogP contribution in [0.3, 0.4) is 0 Å². The Labute approximate surface area is 175 Å². The third-order valence-electron chi connectivity index (χ3n) is 4.93. The number of carbonyl (C=O) groups is 1. The van der Waals surface area contributed by atoms with Gasteiger partial charge in [0.25, 0.3) is 5.92 Å². The van der Waals surface area contributed by atoms with E-state index < -0.39 is 5.92 Å². The van der Waals surface area contributed by atoms with Crippen LogP contribution in [0.15, 0.2) is 59.2 Å². The van der Waals surface area contributed by atoms with Crippen LogP contribution in [-0.2, 0) is 10.7 Å². The summed E-state index contributed by atoms with van der Waals surface area (Å²) in [7, 11) is 0. The van der Waals surface area contributed by atoms with Crippen molar-refractivity contribution >= 4 is 17.3 Å². The molecule has 0 amide bonds. The predicted octanol–water partition coefficient (Wildman–Crippen LogP) is 5.02. The number of aryl methyl sites for hydroxylation is 1. The number of nitrogens with one attached hydrogen (secondary N) is 1. The van der Waals surface area contributed by atoms with E-state index in [9.17, 15) is 13.6 Å². The Balaban J connectivity index is 1.96. The molecule has 2 heterocycles. The number of Topliss-reactive ketones (excluding diaryl/α,β-unsaturated/α-hetero) is 1. The molecule has 1 N–H and O–H groups in total. The quantitative estimate of drug-likeness (QED) is 0.724. The first-order valence-electron chi connectivity index (χ1n) is 9.84. The average molecular weight is 412 g/mol. The van der Waals surface area contributed by atoms with Gasteiger partial charge in [-0.25, -0.2) is 18.8 Å². The first-order chi connectivity index (χ1) is 14.1. The third kappa shape index (κ3) is 5.36. The van der Waals surface area contributed by atoms with E-state index in [1.165, 1.54) is 12.1 Å². The first-order valence-corrected chi connectivity index (χ1v) is 9.84. The van der Waals surface area contributed by atoms with Gasteiger partial charge in [-0.3, -0.25) is 9.78 Å². The van der Waals surface area contributed by atoms with Gasteiger partial charge in [-0.1, -0.05) is 18.2 Å². The number of carbonyl (C=O) groups excluding carboxylic acids is 1. The summed E-state index contributed by atoms with van der Waals surface area (Å²) in [5.41, 5.74) is 6.49. The number of ketones is 1. The lowest BCUT2D eigenvalue weighted by Gasteiger charge is -2.36. The molecule has 3 rings (SSSR count). The summed E-state index contributed by atoms with van der Waals surface area (Å²) in [5, 5.41) is 1.94. The summed E-state index contributed by atoms with van der Waals surface area (Å²) in [5.74, 6) is -2.28. The number of aromatic nitrogens is 1. The molecule has 0 spiro atoms. The highest BCUT2D eigenvalue weighted by Gasteiger charge is 2.27. The van der Waals surface area contributed by atoms with Crippen molar-refractivity contribution in [1.82, 2.24) is 15.4 Å². The number of hydrazine groups is 1. The molecule has 0 aliphatic carbocycles. The Hall–Kier alpha value is -2.93.